The zero-order chi connectivity index (χ0) is 22.8. The molecule has 0 saturated carbocycles. The van der Waals surface area contributed by atoms with Gasteiger partial charge in [-0.2, -0.15) is 10.2 Å². The molecule has 1 saturated heterocycles. The molecule has 4 aromatic rings. The molecule has 1 aliphatic rings. The number of thioether (sulfide) groups is 1. The van der Waals surface area contributed by atoms with E-state index in [1.165, 1.54) is 11.8 Å². The lowest BCUT2D eigenvalue weighted by Gasteiger charge is -2.14. The standard InChI is InChI=1S/C23H15BrClN5OS2/c24-20-11-10-19(33-20)22-15(13-29(28-22)17-4-2-1-3-5-17)12-26-27-23-30(21(31)14-32-23)18-8-6-16(25)7-9-18/h1-13H,14H2/b26-12+,27-23+. The summed E-state index contributed by atoms with van der Waals surface area (Å²) in [6.45, 7) is 0. The summed E-state index contributed by atoms with van der Waals surface area (Å²) in [6, 6.07) is 21.0. The van der Waals surface area contributed by atoms with E-state index in [1.807, 2.05) is 53.3 Å². The Morgan fingerprint density at radius 1 is 1.03 bits per heavy atom. The van der Waals surface area contributed by atoms with Crippen molar-refractivity contribution in [2.75, 3.05) is 10.7 Å². The number of benzene rings is 2. The zero-order valence-electron chi connectivity index (χ0n) is 16.9. The van der Waals surface area contributed by atoms with Gasteiger partial charge >= 0.3 is 0 Å². The summed E-state index contributed by atoms with van der Waals surface area (Å²) in [7, 11) is 0. The van der Waals surface area contributed by atoms with Gasteiger partial charge < -0.3 is 0 Å². The number of hydrogen-bond donors (Lipinski definition) is 0. The maximum Gasteiger partial charge on any atom is 0.243 e. The molecular weight excluding hydrogens is 542 g/mol. The van der Waals surface area contributed by atoms with Crippen molar-refractivity contribution in [3.8, 4) is 16.3 Å². The third-order valence-electron chi connectivity index (χ3n) is 4.76. The topological polar surface area (TPSA) is 62.9 Å². The molecule has 0 radical (unpaired) electrons. The van der Waals surface area contributed by atoms with Gasteiger partial charge in [-0.15, -0.1) is 16.4 Å². The molecule has 1 fully saturated rings. The number of hydrogen-bond acceptors (Lipinski definition) is 6. The average molecular weight is 557 g/mol. The fraction of sp³-hybridized carbons (Fsp3) is 0.0435. The molecular formula is C23H15BrClN5OS2. The smallest absolute Gasteiger partial charge is 0.243 e. The molecule has 33 heavy (non-hydrogen) atoms. The van der Waals surface area contributed by atoms with Crippen LogP contribution in [0.2, 0.25) is 5.02 Å². The Labute approximate surface area is 211 Å². The Kier molecular flexibility index (Phi) is 6.45. The number of amides is 1. The molecule has 0 unspecified atom stereocenters. The van der Waals surface area contributed by atoms with Crippen LogP contribution in [0, 0.1) is 0 Å². The Bertz CT molecular complexity index is 1370. The van der Waals surface area contributed by atoms with Gasteiger partial charge in [0, 0.05) is 16.8 Å². The van der Waals surface area contributed by atoms with Crippen LogP contribution < -0.4 is 4.90 Å². The summed E-state index contributed by atoms with van der Waals surface area (Å²) >= 11 is 12.5. The molecule has 0 aliphatic carbocycles. The normalized spacial score (nSPS) is 15.3. The number of carbonyl (C=O) groups is 1. The minimum Gasteiger partial charge on any atom is -0.273 e. The van der Waals surface area contributed by atoms with E-state index in [0.29, 0.717) is 21.6 Å². The summed E-state index contributed by atoms with van der Waals surface area (Å²) in [5.41, 5.74) is 3.30. The van der Waals surface area contributed by atoms with Crippen molar-refractivity contribution in [1.82, 2.24) is 9.78 Å². The van der Waals surface area contributed by atoms with Gasteiger partial charge in [0.1, 0.15) is 5.69 Å². The number of amidine groups is 1. The molecule has 10 heteroatoms. The van der Waals surface area contributed by atoms with Crippen LogP contribution in [0.15, 0.2) is 86.9 Å². The zero-order valence-corrected chi connectivity index (χ0v) is 20.9. The van der Waals surface area contributed by atoms with Crippen LogP contribution in [-0.4, -0.2) is 32.8 Å². The van der Waals surface area contributed by atoms with Crippen LogP contribution in [0.5, 0.6) is 0 Å². The van der Waals surface area contributed by atoms with Crippen LogP contribution in [-0.2, 0) is 4.79 Å². The van der Waals surface area contributed by atoms with Crippen LogP contribution in [0.3, 0.4) is 0 Å². The molecule has 1 amide bonds. The highest BCUT2D eigenvalue weighted by atomic mass is 79.9. The number of rotatable bonds is 5. The predicted octanol–water partition coefficient (Wildman–Crippen LogP) is 6.49. The predicted molar refractivity (Wildman–Crippen MR) is 141 cm³/mol. The number of thiophene rings is 1. The number of nitrogens with zero attached hydrogens (tertiary/aromatic N) is 5. The lowest BCUT2D eigenvalue weighted by atomic mass is 10.2. The summed E-state index contributed by atoms with van der Waals surface area (Å²) in [4.78, 5) is 15.0. The van der Waals surface area contributed by atoms with Crippen molar-refractivity contribution in [1.29, 1.82) is 0 Å². The SMILES string of the molecule is O=C1CS/C(=N/N=C/c2cn(-c3ccccc3)nc2-c2ccc(Br)s2)N1c1ccc(Cl)cc1. The lowest BCUT2D eigenvalue weighted by molar-refractivity contribution is -0.115. The van der Waals surface area contributed by atoms with E-state index in [9.17, 15) is 4.79 Å². The Morgan fingerprint density at radius 3 is 2.55 bits per heavy atom. The third kappa shape index (κ3) is 4.81. The van der Waals surface area contributed by atoms with E-state index in [2.05, 4.69) is 26.1 Å². The van der Waals surface area contributed by atoms with E-state index in [1.54, 1.807) is 46.7 Å². The lowest BCUT2D eigenvalue weighted by Crippen LogP contribution is -2.28. The van der Waals surface area contributed by atoms with Crippen molar-refractivity contribution in [2.45, 2.75) is 0 Å². The third-order valence-corrected chi connectivity index (χ3v) is 7.56. The second-order valence-corrected chi connectivity index (χ2v) is 10.8. The molecule has 0 bridgehead atoms. The largest absolute Gasteiger partial charge is 0.273 e. The van der Waals surface area contributed by atoms with Crippen molar-refractivity contribution in [3.05, 3.63) is 87.3 Å². The van der Waals surface area contributed by atoms with Crippen LogP contribution in [0.1, 0.15) is 5.56 Å². The Balaban J connectivity index is 1.48. The van der Waals surface area contributed by atoms with Crippen molar-refractivity contribution in [3.63, 3.8) is 0 Å². The monoisotopic (exact) mass is 555 g/mol. The summed E-state index contributed by atoms with van der Waals surface area (Å²) in [6.07, 6.45) is 3.59. The van der Waals surface area contributed by atoms with E-state index in [4.69, 9.17) is 16.7 Å². The van der Waals surface area contributed by atoms with Crippen molar-refractivity contribution >= 4 is 73.6 Å². The number of carbonyl (C=O) groups excluding carboxylic acids is 1. The highest BCUT2D eigenvalue weighted by Gasteiger charge is 2.29. The Hall–Kier alpha value is -2.72. The maximum absolute atomic E-state index is 12.4. The molecule has 0 N–H and O–H groups in total. The average Bonchev–Trinajstić information content (AvgIpc) is 3.54. The quantitative estimate of drug-likeness (QED) is 0.209. The molecule has 0 atom stereocenters. The molecule has 1 aliphatic heterocycles. The van der Waals surface area contributed by atoms with Crippen molar-refractivity contribution in [2.24, 2.45) is 10.2 Å². The number of para-hydroxylation sites is 1. The second kappa shape index (κ2) is 9.64. The van der Waals surface area contributed by atoms with Gasteiger partial charge in [-0.3, -0.25) is 9.69 Å². The minimum absolute atomic E-state index is 0.0442. The van der Waals surface area contributed by atoms with Gasteiger partial charge in [0.25, 0.3) is 0 Å². The minimum atomic E-state index is -0.0442. The van der Waals surface area contributed by atoms with E-state index in [0.717, 1.165) is 25.6 Å². The van der Waals surface area contributed by atoms with Crippen LogP contribution >= 0.6 is 50.6 Å². The highest BCUT2D eigenvalue weighted by molar-refractivity contribution is 9.11. The van der Waals surface area contributed by atoms with Gasteiger partial charge in [0.05, 0.1) is 32.0 Å². The van der Waals surface area contributed by atoms with Crippen LogP contribution in [0.25, 0.3) is 16.3 Å². The van der Waals surface area contributed by atoms with Gasteiger partial charge in [-0.05, 0) is 64.5 Å². The van der Waals surface area contributed by atoms with E-state index in [-0.39, 0.29) is 5.91 Å². The maximum atomic E-state index is 12.4. The van der Waals surface area contributed by atoms with Crippen molar-refractivity contribution < 1.29 is 4.79 Å². The van der Waals surface area contributed by atoms with Crippen LogP contribution in [0.4, 0.5) is 5.69 Å². The number of anilines is 1. The van der Waals surface area contributed by atoms with Gasteiger partial charge in [0.2, 0.25) is 5.91 Å². The molecule has 6 nitrogen and oxygen atoms in total. The van der Waals surface area contributed by atoms with Gasteiger partial charge in [-0.25, -0.2) is 4.68 Å². The van der Waals surface area contributed by atoms with E-state index < -0.39 is 0 Å². The Morgan fingerprint density at radius 2 is 1.82 bits per heavy atom. The van der Waals surface area contributed by atoms with E-state index >= 15 is 0 Å². The first-order chi connectivity index (χ1) is 16.1. The second-order valence-electron chi connectivity index (χ2n) is 6.94. The fourth-order valence-electron chi connectivity index (χ4n) is 3.25. The first-order valence-electron chi connectivity index (χ1n) is 9.81. The summed E-state index contributed by atoms with van der Waals surface area (Å²) in [5.74, 6) is 0.273. The molecule has 3 heterocycles. The molecule has 2 aromatic heterocycles. The van der Waals surface area contributed by atoms with Gasteiger partial charge in [-0.1, -0.05) is 41.6 Å². The van der Waals surface area contributed by atoms with Gasteiger partial charge in [0.15, 0.2) is 5.17 Å². The number of halogens is 2. The summed E-state index contributed by atoms with van der Waals surface area (Å²) in [5, 5.41) is 14.6. The molecule has 0 spiro atoms. The molecule has 5 rings (SSSR count). The first kappa shape index (κ1) is 22.1. The first-order valence-corrected chi connectivity index (χ1v) is 12.8. The summed E-state index contributed by atoms with van der Waals surface area (Å²) < 4.78 is 2.85. The number of aromatic nitrogens is 2. The molecule has 164 valence electrons. The molecule has 2 aromatic carbocycles. The fourth-order valence-corrected chi connectivity index (χ4v) is 5.59. The highest BCUT2D eigenvalue weighted by Crippen LogP contribution is 2.33.